The molecule has 1 N–H and O–H groups in total. The highest BCUT2D eigenvalue weighted by Gasteiger charge is 2.18. The molecule has 1 aromatic rings. The lowest BCUT2D eigenvalue weighted by molar-refractivity contribution is -0.118. The van der Waals surface area contributed by atoms with Crippen LogP contribution in [0.5, 0.6) is 0 Å². The Kier molecular flexibility index (Phi) is 5.03. The minimum atomic E-state index is -0.474. The molecule has 0 bridgehead atoms. The fourth-order valence-electron chi connectivity index (χ4n) is 2.00. The van der Waals surface area contributed by atoms with E-state index in [9.17, 15) is 9.18 Å². The molecular formula is C13H15ClFNOS. The molecule has 0 aromatic heterocycles. The Morgan fingerprint density at radius 1 is 1.56 bits per heavy atom. The quantitative estimate of drug-likeness (QED) is 0.923. The molecule has 1 fully saturated rings. The van der Waals surface area contributed by atoms with Gasteiger partial charge in [0, 0.05) is 36.9 Å². The summed E-state index contributed by atoms with van der Waals surface area (Å²) in [6.45, 7) is 0.939. The third-order valence-electron chi connectivity index (χ3n) is 2.89. The lowest BCUT2D eigenvalue weighted by Gasteiger charge is -2.22. The first-order valence-corrected chi connectivity index (χ1v) is 7.46. The van der Waals surface area contributed by atoms with Gasteiger partial charge in [-0.15, -0.1) is 0 Å². The zero-order valence-electron chi connectivity index (χ0n) is 9.92. The molecule has 1 aliphatic heterocycles. The number of nitrogens with one attached hydrogen (secondary N) is 1. The first-order chi connectivity index (χ1) is 8.66. The molecule has 0 aliphatic carbocycles. The van der Waals surface area contributed by atoms with E-state index in [2.05, 4.69) is 5.32 Å². The third-order valence-corrected chi connectivity index (χ3v) is 4.31. The van der Waals surface area contributed by atoms with Crippen molar-refractivity contribution in [1.82, 2.24) is 5.32 Å². The zero-order chi connectivity index (χ0) is 13.0. The van der Waals surface area contributed by atoms with Gasteiger partial charge >= 0.3 is 0 Å². The van der Waals surface area contributed by atoms with Gasteiger partial charge in [0.05, 0.1) is 5.02 Å². The smallest absolute Gasteiger partial charge is 0.145 e. The van der Waals surface area contributed by atoms with Crippen molar-refractivity contribution >= 4 is 29.1 Å². The Morgan fingerprint density at radius 2 is 2.39 bits per heavy atom. The first kappa shape index (κ1) is 13.8. The van der Waals surface area contributed by atoms with Crippen LogP contribution in [0.2, 0.25) is 5.02 Å². The highest BCUT2D eigenvalue weighted by Crippen LogP contribution is 2.19. The Hall–Kier alpha value is -0.580. The largest absolute Gasteiger partial charge is 0.312 e. The zero-order valence-corrected chi connectivity index (χ0v) is 11.5. The van der Waals surface area contributed by atoms with E-state index < -0.39 is 5.82 Å². The van der Waals surface area contributed by atoms with E-state index >= 15 is 0 Å². The van der Waals surface area contributed by atoms with Crippen LogP contribution in [0, 0.1) is 5.82 Å². The molecular weight excluding hydrogens is 273 g/mol. The van der Waals surface area contributed by atoms with Crippen molar-refractivity contribution in [2.24, 2.45) is 0 Å². The second-order valence-corrected chi connectivity index (χ2v) is 5.92. The number of Topliss-reactive ketones (excluding diaryl/α,β-unsaturated/α-hetero) is 1. The van der Waals surface area contributed by atoms with Crippen LogP contribution < -0.4 is 5.32 Å². The molecule has 0 amide bonds. The van der Waals surface area contributed by atoms with Gasteiger partial charge in [0.1, 0.15) is 11.6 Å². The number of benzene rings is 1. The van der Waals surface area contributed by atoms with Gasteiger partial charge in [-0.2, -0.15) is 11.8 Å². The summed E-state index contributed by atoms with van der Waals surface area (Å²) in [4.78, 5) is 11.9. The first-order valence-electron chi connectivity index (χ1n) is 5.92. The normalized spacial score (nSPS) is 19.8. The van der Waals surface area contributed by atoms with Crippen molar-refractivity contribution in [2.45, 2.75) is 18.9 Å². The van der Waals surface area contributed by atoms with E-state index in [0.717, 1.165) is 18.1 Å². The molecule has 1 saturated heterocycles. The van der Waals surface area contributed by atoms with E-state index in [-0.39, 0.29) is 23.3 Å². The average molecular weight is 288 g/mol. The standard InChI is InChI=1S/C13H15ClFNOS/c14-12-3-1-2-9(13(12)15)6-11(17)7-10-8-18-5-4-16-10/h1-3,10,16H,4-8H2. The summed E-state index contributed by atoms with van der Waals surface area (Å²) in [5.74, 6) is 1.62. The van der Waals surface area contributed by atoms with Crippen LogP contribution in [0.15, 0.2) is 18.2 Å². The number of rotatable bonds is 4. The van der Waals surface area contributed by atoms with Crippen LogP contribution in [-0.2, 0) is 11.2 Å². The summed E-state index contributed by atoms with van der Waals surface area (Å²) in [6.07, 6.45) is 0.578. The fourth-order valence-corrected chi connectivity index (χ4v) is 3.14. The summed E-state index contributed by atoms with van der Waals surface area (Å²) in [5, 5.41) is 3.38. The molecule has 1 aromatic carbocycles. The van der Waals surface area contributed by atoms with Gasteiger partial charge in [0.15, 0.2) is 0 Å². The number of carbonyl (C=O) groups excluding carboxylic acids is 1. The van der Waals surface area contributed by atoms with Gasteiger partial charge in [-0.05, 0) is 11.6 Å². The SMILES string of the molecule is O=C(Cc1cccc(Cl)c1F)CC1CSCCN1. The molecule has 5 heteroatoms. The number of ketones is 1. The van der Waals surface area contributed by atoms with Crippen LogP contribution >= 0.6 is 23.4 Å². The molecule has 1 atom stereocenters. The maximum atomic E-state index is 13.6. The van der Waals surface area contributed by atoms with E-state index in [1.165, 1.54) is 6.07 Å². The third kappa shape index (κ3) is 3.70. The maximum Gasteiger partial charge on any atom is 0.145 e. The average Bonchev–Trinajstić information content (AvgIpc) is 2.36. The van der Waals surface area contributed by atoms with Crippen molar-refractivity contribution in [3.05, 3.63) is 34.6 Å². The number of hydrogen-bond acceptors (Lipinski definition) is 3. The number of carbonyl (C=O) groups is 1. The Labute approximate surface area is 115 Å². The van der Waals surface area contributed by atoms with E-state index in [1.807, 2.05) is 11.8 Å². The van der Waals surface area contributed by atoms with Gasteiger partial charge in [-0.25, -0.2) is 4.39 Å². The summed E-state index contributed by atoms with van der Waals surface area (Å²) < 4.78 is 13.6. The maximum absolute atomic E-state index is 13.6. The summed E-state index contributed by atoms with van der Waals surface area (Å²) in [6, 6.07) is 4.99. The molecule has 0 spiro atoms. The molecule has 1 heterocycles. The van der Waals surface area contributed by atoms with Crippen molar-refractivity contribution in [1.29, 1.82) is 0 Å². The molecule has 1 unspecified atom stereocenters. The van der Waals surface area contributed by atoms with Crippen molar-refractivity contribution in [3.63, 3.8) is 0 Å². The van der Waals surface area contributed by atoms with E-state index in [1.54, 1.807) is 12.1 Å². The summed E-state index contributed by atoms with van der Waals surface area (Å²) in [5.41, 5.74) is 0.385. The van der Waals surface area contributed by atoms with Crippen molar-refractivity contribution in [2.75, 3.05) is 18.1 Å². The highest BCUT2D eigenvalue weighted by atomic mass is 35.5. The molecule has 0 radical (unpaired) electrons. The summed E-state index contributed by atoms with van der Waals surface area (Å²) >= 11 is 7.53. The van der Waals surface area contributed by atoms with Crippen molar-refractivity contribution < 1.29 is 9.18 Å². The monoisotopic (exact) mass is 287 g/mol. The van der Waals surface area contributed by atoms with Crippen molar-refractivity contribution in [3.8, 4) is 0 Å². The van der Waals surface area contributed by atoms with Gasteiger partial charge in [0.25, 0.3) is 0 Å². The van der Waals surface area contributed by atoms with Gasteiger partial charge in [-0.3, -0.25) is 4.79 Å². The van der Waals surface area contributed by atoms with E-state index in [0.29, 0.717) is 12.0 Å². The number of hydrogen-bond donors (Lipinski definition) is 1. The van der Waals surface area contributed by atoms with Gasteiger partial charge < -0.3 is 5.32 Å². The highest BCUT2D eigenvalue weighted by molar-refractivity contribution is 7.99. The fraction of sp³-hybridized carbons (Fsp3) is 0.462. The van der Waals surface area contributed by atoms with Gasteiger partial charge in [0.2, 0.25) is 0 Å². The topological polar surface area (TPSA) is 29.1 Å². The van der Waals surface area contributed by atoms with Gasteiger partial charge in [-0.1, -0.05) is 23.7 Å². The Bertz CT molecular complexity index is 435. The molecule has 1 aliphatic rings. The van der Waals surface area contributed by atoms with Crippen LogP contribution in [0.3, 0.4) is 0 Å². The van der Waals surface area contributed by atoms with Crippen LogP contribution in [0.1, 0.15) is 12.0 Å². The summed E-state index contributed by atoms with van der Waals surface area (Å²) in [7, 11) is 0. The predicted molar refractivity (Wildman–Crippen MR) is 73.9 cm³/mol. The Morgan fingerprint density at radius 3 is 3.11 bits per heavy atom. The van der Waals surface area contributed by atoms with Crippen LogP contribution in [0.25, 0.3) is 0 Å². The van der Waals surface area contributed by atoms with Crippen LogP contribution in [0.4, 0.5) is 4.39 Å². The molecule has 0 saturated carbocycles. The number of halogens is 2. The van der Waals surface area contributed by atoms with Crippen LogP contribution in [-0.4, -0.2) is 29.9 Å². The molecule has 2 nitrogen and oxygen atoms in total. The predicted octanol–water partition coefficient (Wildman–Crippen LogP) is 2.69. The second kappa shape index (κ2) is 6.55. The number of thioether (sulfide) groups is 1. The lowest BCUT2D eigenvalue weighted by atomic mass is 10.0. The minimum Gasteiger partial charge on any atom is -0.312 e. The molecule has 18 heavy (non-hydrogen) atoms. The molecule has 2 rings (SSSR count). The van der Waals surface area contributed by atoms with E-state index in [4.69, 9.17) is 11.6 Å². The molecule has 98 valence electrons. The minimum absolute atomic E-state index is 0.0520. The lowest BCUT2D eigenvalue weighted by Crippen LogP contribution is -2.39. The Balaban J connectivity index is 1.92. The second-order valence-electron chi connectivity index (χ2n) is 4.36.